The number of amides is 1. The number of aromatic nitrogens is 3. The van der Waals surface area contributed by atoms with Gasteiger partial charge in [-0.1, -0.05) is 35.1 Å². The van der Waals surface area contributed by atoms with Crippen molar-refractivity contribution in [3.05, 3.63) is 69.7 Å². The normalized spacial score (nSPS) is 11.0. The zero-order chi connectivity index (χ0) is 21.1. The highest BCUT2D eigenvalue weighted by Gasteiger charge is 2.15. The summed E-state index contributed by atoms with van der Waals surface area (Å²) in [6, 6.07) is 14.8. The van der Waals surface area contributed by atoms with Gasteiger partial charge in [-0.2, -0.15) is 4.98 Å². The van der Waals surface area contributed by atoms with Crippen LogP contribution < -0.4 is 10.1 Å². The predicted octanol–water partition coefficient (Wildman–Crippen LogP) is 4.79. The topological polar surface area (TPSA) is 68.5 Å². The molecule has 154 valence electrons. The molecule has 0 saturated heterocycles. The Hall–Kier alpha value is -2.90. The third kappa shape index (κ3) is 4.17. The molecule has 0 spiro atoms. The van der Waals surface area contributed by atoms with Crippen molar-refractivity contribution >= 4 is 33.8 Å². The van der Waals surface area contributed by atoms with Crippen molar-refractivity contribution in [2.75, 3.05) is 13.2 Å². The van der Waals surface area contributed by atoms with E-state index in [4.69, 9.17) is 16.3 Å². The van der Waals surface area contributed by atoms with E-state index in [2.05, 4.69) is 15.4 Å². The average Bonchev–Trinajstić information content (AvgIpc) is 3.29. The smallest absolute Gasteiger partial charge is 0.255 e. The summed E-state index contributed by atoms with van der Waals surface area (Å²) in [7, 11) is 0. The minimum Gasteiger partial charge on any atom is -0.493 e. The lowest BCUT2D eigenvalue weighted by Crippen LogP contribution is -2.26. The highest BCUT2D eigenvalue weighted by atomic mass is 35.5. The number of nitrogens with one attached hydrogen (secondary N) is 1. The first kappa shape index (κ1) is 20.4. The van der Waals surface area contributed by atoms with Crippen molar-refractivity contribution in [1.82, 2.24) is 19.9 Å². The summed E-state index contributed by atoms with van der Waals surface area (Å²) in [6.07, 6.45) is 0.709. The van der Waals surface area contributed by atoms with Gasteiger partial charge in [0, 0.05) is 28.4 Å². The van der Waals surface area contributed by atoms with Crippen LogP contribution in [0.4, 0.5) is 0 Å². The van der Waals surface area contributed by atoms with Gasteiger partial charge in [-0.05, 0) is 50.2 Å². The number of nitrogens with zero attached hydrogens (tertiary/aromatic N) is 3. The van der Waals surface area contributed by atoms with Crippen LogP contribution in [0.3, 0.4) is 0 Å². The number of thiazole rings is 1. The van der Waals surface area contributed by atoms with E-state index in [1.165, 1.54) is 0 Å². The Balaban J connectivity index is 1.43. The van der Waals surface area contributed by atoms with Crippen LogP contribution in [-0.2, 0) is 6.42 Å². The van der Waals surface area contributed by atoms with Gasteiger partial charge in [0.05, 0.1) is 17.9 Å². The molecule has 0 bridgehead atoms. The van der Waals surface area contributed by atoms with Crippen LogP contribution in [0, 0.1) is 6.92 Å². The maximum atomic E-state index is 12.5. The fourth-order valence-corrected chi connectivity index (χ4v) is 4.34. The Kier molecular flexibility index (Phi) is 6.01. The summed E-state index contributed by atoms with van der Waals surface area (Å²) < 4.78 is 7.40. The molecule has 0 saturated carbocycles. The molecule has 8 heteroatoms. The highest BCUT2D eigenvalue weighted by Crippen LogP contribution is 2.26. The average molecular weight is 441 g/mol. The van der Waals surface area contributed by atoms with Gasteiger partial charge >= 0.3 is 0 Å². The molecule has 4 aromatic rings. The molecule has 1 amide bonds. The SMILES string of the molecule is CCOc1ccccc1C(=O)NCCc1sc2nc(-c3ccc(Cl)cc3)nn2c1C. The number of rotatable bonds is 7. The van der Waals surface area contributed by atoms with Crippen LogP contribution in [-0.4, -0.2) is 33.7 Å². The van der Waals surface area contributed by atoms with E-state index in [0.717, 1.165) is 21.1 Å². The number of para-hydroxylation sites is 1. The van der Waals surface area contributed by atoms with Crippen LogP contribution in [0.2, 0.25) is 5.02 Å². The number of hydrogen-bond acceptors (Lipinski definition) is 5. The first-order chi connectivity index (χ1) is 14.6. The maximum Gasteiger partial charge on any atom is 0.255 e. The van der Waals surface area contributed by atoms with Gasteiger partial charge < -0.3 is 10.1 Å². The van der Waals surface area contributed by atoms with Crippen molar-refractivity contribution < 1.29 is 9.53 Å². The van der Waals surface area contributed by atoms with Gasteiger partial charge in [0.15, 0.2) is 5.82 Å². The van der Waals surface area contributed by atoms with Crippen LogP contribution in [0.15, 0.2) is 48.5 Å². The van der Waals surface area contributed by atoms with Crippen LogP contribution in [0.25, 0.3) is 16.3 Å². The van der Waals surface area contributed by atoms with Crippen molar-refractivity contribution in [3.8, 4) is 17.1 Å². The standard InChI is InChI=1S/C22H21ClN4O2S/c1-3-29-18-7-5-4-6-17(18)21(28)24-13-12-19-14(2)27-22(30-19)25-20(26-27)15-8-10-16(23)11-9-15/h4-11H,3,12-13H2,1-2H3,(H,24,28). The Bertz CT molecular complexity index is 1180. The van der Waals surface area contributed by atoms with Gasteiger partial charge in [0.25, 0.3) is 5.91 Å². The van der Waals surface area contributed by atoms with Gasteiger partial charge in [-0.3, -0.25) is 4.79 Å². The first-order valence-electron chi connectivity index (χ1n) is 9.68. The van der Waals surface area contributed by atoms with E-state index in [1.54, 1.807) is 23.5 Å². The van der Waals surface area contributed by atoms with Crippen LogP contribution in [0.1, 0.15) is 27.9 Å². The Labute approximate surface area is 183 Å². The monoisotopic (exact) mass is 440 g/mol. The second-order valence-corrected chi connectivity index (χ2v) is 8.18. The number of ether oxygens (including phenoxy) is 1. The Morgan fingerprint density at radius 1 is 1.20 bits per heavy atom. The Morgan fingerprint density at radius 2 is 1.97 bits per heavy atom. The number of fused-ring (bicyclic) bond motifs is 1. The lowest BCUT2D eigenvalue weighted by molar-refractivity contribution is 0.0950. The molecule has 2 heterocycles. The van der Waals surface area contributed by atoms with E-state index < -0.39 is 0 Å². The summed E-state index contributed by atoms with van der Waals surface area (Å²) in [5, 5.41) is 8.29. The molecule has 2 aromatic heterocycles. The molecule has 1 N–H and O–H groups in total. The highest BCUT2D eigenvalue weighted by molar-refractivity contribution is 7.17. The zero-order valence-corrected chi connectivity index (χ0v) is 18.3. The van der Waals surface area contributed by atoms with Crippen LogP contribution in [0.5, 0.6) is 5.75 Å². The van der Waals surface area contributed by atoms with Crippen molar-refractivity contribution in [2.45, 2.75) is 20.3 Å². The van der Waals surface area contributed by atoms with Gasteiger partial charge in [-0.25, -0.2) is 4.52 Å². The minimum atomic E-state index is -0.138. The lowest BCUT2D eigenvalue weighted by Gasteiger charge is -2.10. The molecule has 0 aliphatic carbocycles. The number of carbonyl (C=O) groups is 1. The predicted molar refractivity (Wildman–Crippen MR) is 120 cm³/mol. The van der Waals surface area contributed by atoms with Crippen molar-refractivity contribution in [2.24, 2.45) is 0 Å². The molecule has 6 nitrogen and oxygen atoms in total. The molecule has 2 aromatic carbocycles. The number of carbonyl (C=O) groups excluding carboxylic acids is 1. The third-order valence-corrected chi connectivity index (χ3v) is 6.13. The largest absolute Gasteiger partial charge is 0.493 e. The minimum absolute atomic E-state index is 0.138. The zero-order valence-electron chi connectivity index (χ0n) is 16.7. The molecular formula is C22H21ClN4O2S. The number of hydrogen-bond donors (Lipinski definition) is 1. The molecule has 0 aliphatic rings. The molecule has 4 rings (SSSR count). The lowest BCUT2D eigenvalue weighted by atomic mass is 10.2. The second-order valence-electron chi connectivity index (χ2n) is 6.68. The molecule has 30 heavy (non-hydrogen) atoms. The fraction of sp³-hybridized carbons (Fsp3) is 0.227. The fourth-order valence-electron chi connectivity index (χ4n) is 3.16. The van der Waals surface area contributed by atoms with Gasteiger partial charge in [0.2, 0.25) is 4.96 Å². The maximum absolute atomic E-state index is 12.5. The third-order valence-electron chi connectivity index (χ3n) is 4.68. The molecular weight excluding hydrogens is 420 g/mol. The second kappa shape index (κ2) is 8.85. The quantitative estimate of drug-likeness (QED) is 0.448. The summed E-state index contributed by atoms with van der Waals surface area (Å²) in [4.78, 5) is 19.2. The summed E-state index contributed by atoms with van der Waals surface area (Å²) in [6.45, 7) is 4.96. The molecule has 0 fully saturated rings. The Morgan fingerprint density at radius 3 is 2.70 bits per heavy atom. The molecule has 0 atom stereocenters. The van der Waals surface area contributed by atoms with Crippen molar-refractivity contribution in [3.63, 3.8) is 0 Å². The van der Waals surface area contributed by atoms with E-state index in [9.17, 15) is 4.79 Å². The van der Waals surface area contributed by atoms with Crippen LogP contribution >= 0.6 is 22.9 Å². The summed E-state index contributed by atoms with van der Waals surface area (Å²) in [5.41, 5.74) is 2.51. The van der Waals surface area contributed by atoms with E-state index in [-0.39, 0.29) is 5.91 Å². The summed E-state index contributed by atoms with van der Waals surface area (Å²) >= 11 is 7.54. The molecule has 0 radical (unpaired) electrons. The van der Waals surface area contributed by atoms with E-state index >= 15 is 0 Å². The number of halogens is 1. The number of benzene rings is 2. The van der Waals surface area contributed by atoms with E-state index in [0.29, 0.717) is 41.7 Å². The molecule has 0 aliphatic heterocycles. The summed E-state index contributed by atoms with van der Waals surface area (Å²) in [5.74, 6) is 1.14. The molecule has 0 unspecified atom stereocenters. The number of aryl methyl sites for hydroxylation is 1. The van der Waals surface area contributed by atoms with Gasteiger partial charge in [-0.15, -0.1) is 5.10 Å². The van der Waals surface area contributed by atoms with E-state index in [1.807, 2.05) is 54.8 Å². The van der Waals surface area contributed by atoms with Gasteiger partial charge in [0.1, 0.15) is 5.75 Å². The van der Waals surface area contributed by atoms with Crippen molar-refractivity contribution in [1.29, 1.82) is 0 Å². The first-order valence-corrected chi connectivity index (χ1v) is 10.9.